The van der Waals surface area contributed by atoms with E-state index < -0.39 is 15.8 Å². The van der Waals surface area contributed by atoms with Crippen molar-refractivity contribution in [1.82, 2.24) is 0 Å². The number of nitrogens with one attached hydrogen (secondary N) is 1. The predicted octanol–water partition coefficient (Wildman–Crippen LogP) is 1.71. The number of benzene rings is 1. The smallest absolute Gasteiger partial charge is 0.232 e. The Hall–Kier alpha value is -0.660. The third-order valence-corrected chi connectivity index (χ3v) is 3.74. The van der Waals surface area contributed by atoms with E-state index in [0.29, 0.717) is 0 Å². The maximum atomic E-state index is 12.9. The zero-order chi connectivity index (χ0) is 12.2. The van der Waals surface area contributed by atoms with Crippen LogP contribution in [0.25, 0.3) is 0 Å². The van der Waals surface area contributed by atoms with Crippen LogP contribution in [0.5, 0.6) is 0 Å². The van der Waals surface area contributed by atoms with Gasteiger partial charge in [-0.15, -0.1) is 0 Å². The summed E-state index contributed by atoms with van der Waals surface area (Å²) in [7, 11) is -3.48. The Bertz CT molecular complexity index is 464. The van der Waals surface area contributed by atoms with Gasteiger partial charge in [-0.05, 0) is 40.5 Å². The molecule has 0 radical (unpaired) electrons. The van der Waals surface area contributed by atoms with Crippen molar-refractivity contribution in [2.75, 3.05) is 17.1 Å². The van der Waals surface area contributed by atoms with E-state index in [1.54, 1.807) is 0 Å². The second-order valence-corrected chi connectivity index (χ2v) is 5.82. The van der Waals surface area contributed by atoms with Gasteiger partial charge in [0.25, 0.3) is 0 Å². The summed E-state index contributed by atoms with van der Waals surface area (Å²) in [4.78, 5) is 0. The Morgan fingerprint density at radius 3 is 2.69 bits per heavy atom. The van der Waals surface area contributed by atoms with Gasteiger partial charge in [-0.25, -0.2) is 12.8 Å². The molecular weight excluding hydrogens is 301 g/mol. The topological polar surface area (TPSA) is 66.4 Å². The van der Waals surface area contributed by atoms with Gasteiger partial charge >= 0.3 is 0 Å². The Morgan fingerprint density at radius 1 is 1.44 bits per heavy atom. The normalized spacial score (nSPS) is 11.4. The number of hydrogen-bond acceptors (Lipinski definition) is 3. The lowest BCUT2D eigenvalue weighted by molar-refractivity contribution is 0.295. The van der Waals surface area contributed by atoms with Crippen LogP contribution in [0.3, 0.4) is 0 Å². The number of halogens is 2. The minimum Gasteiger partial charge on any atom is -0.396 e. The van der Waals surface area contributed by atoms with Crippen LogP contribution >= 0.6 is 15.9 Å². The monoisotopic (exact) mass is 311 g/mol. The van der Waals surface area contributed by atoms with E-state index in [9.17, 15) is 12.8 Å². The number of aliphatic hydroxyl groups excluding tert-OH is 1. The van der Waals surface area contributed by atoms with Crippen LogP contribution in [0.15, 0.2) is 22.7 Å². The molecule has 1 rings (SSSR count). The van der Waals surface area contributed by atoms with Gasteiger partial charge < -0.3 is 5.11 Å². The fraction of sp³-hybridized carbons (Fsp3) is 0.333. The Labute approximate surface area is 102 Å². The Balaban J connectivity index is 2.76. The third-order valence-electron chi connectivity index (χ3n) is 1.76. The van der Waals surface area contributed by atoms with Crippen molar-refractivity contribution >= 4 is 31.6 Å². The first-order chi connectivity index (χ1) is 7.44. The minimum absolute atomic E-state index is 0.164. The highest BCUT2D eigenvalue weighted by Crippen LogP contribution is 2.20. The van der Waals surface area contributed by atoms with Crippen LogP contribution in [-0.4, -0.2) is 25.9 Å². The first-order valence-corrected chi connectivity index (χ1v) is 6.95. The molecule has 0 amide bonds. The fourth-order valence-electron chi connectivity index (χ4n) is 1.04. The molecule has 0 aliphatic carbocycles. The predicted molar refractivity (Wildman–Crippen MR) is 63.2 cm³/mol. The molecule has 90 valence electrons. The maximum absolute atomic E-state index is 12.9. The van der Waals surface area contributed by atoms with Crippen molar-refractivity contribution < 1.29 is 17.9 Å². The zero-order valence-corrected chi connectivity index (χ0v) is 10.7. The molecule has 0 fully saturated rings. The molecule has 0 saturated carbocycles. The summed E-state index contributed by atoms with van der Waals surface area (Å²) in [6, 6.07) is 3.83. The van der Waals surface area contributed by atoms with Crippen molar-refractivity contribution in [1.29, 1.82) is 0 Å². The lowest BCUT2D eigenvalue weighted by Crippen LogP contribution is -2.17. The lowest BCUT2D eigenvalue weighted by atomic mass is 10.3. The third kappa shape index (κ3) is 4.07. The summed E-state index contributed by atoms with van der Waals surface area (Å²) in [6.45, 7) is -0.186. The SMILES string of the molecule is O=S(=O)(CCCO)Nc1ccc(F)c(Br)c1. The van der Waals surface area contributed by atoms with Gasteiger partial charge in [-0.1, -0.05) is 0 Å². The van der Waals surface area contributed by atoms with E-state index in [4.69, 9.17) is 5.11 Å². The lowest BCUT2D eigenvalue weighted by Gasteiger charge is -2.07. The first kappa shape index (κ1) is 13.4. The van der Waals surface area contributed by atoms with Gasteiger partial charge in [0.15, 0.2) is 0 Å². The minimum atomic E-state index is -3.48. The maximum Gasteiger partial charge on any atom is 0.232 e. The molecule has 0 heterocycles. The molecule has 0 aromatic heterocycles. The van der Waals surface area contributed by atoms with Crippen LogP contribution < -0.4 is 4.72 Å². The quantitative estimate of drug-likeness (QED) is 0.870. The average Bonchev–Trinajstić information content (AvgIpc) is 2.20. The van der Waals surface area contributed by atoms with Crippen molar-refractivity contribution in [2.45, 2.75) is 6.42 Å². The highest BCUT2D eigenvalue weighted by Gasteiger charge is 2.10. The molecule has 0 aliphatic rings. The molecule has 0 unspecified atom stereocenters. The highest BCUT2D eigenvalue weighted by atomic mass is 79.9. The van der Waals surface area contributed by atoms with E-state index in [1.807, 2.05) is 0 Å². The van der Waals surface area contributed by atoms with Crippen LogP contribution in [0.2, 0.25) is 0 Å². The molecule has 0 bridgehead atoms. The molecule has 16 heavy (non-hydrogen) atoms. The Kier molecular flexibility index (Phi) is 4.69. The number of anilines is 1. The summed E-state index contributed by atoms with van der Waals surface area (Å²) in [5.41, 5.74) is 0.284. The van der Waals surface area contributed by atoms with Crippen LogP contribution in [0.1, 0.15) is 6.42 Å². The summed E-state index contributed by atoms with van der Waals surface area (Å²) in [6.07, 6.45) is 0.164. The van der Waals surface area contributed by atoms with E-state index in [1.165, 1.54) is 12.1 Å². The van der Waals surface area contributed by atoms with Gasteiger partial charge in [0.05, 0.1) is 10.2 Å². The average molecular weight is 312 g/mol. The molecule has 7 heteroatoms. The van der Waals surface area contributed by atoms with E-state index in [0.717, 1.165) is 6.07 Å². The van der Waals surface area contributed by atoms with E-state index in [-0.39, 0.29) is 28.9 Å². The molecular formula is C9H11BrFNO3S. The van der Waals surface area contributed by atoms with Crippen molar-refractivity contribution in [3.05, 3.63) is 28.5 Å². The summed E-state index contributed by atoms with van der Waals surface area (Å²) in [5.74, 6) is -0.628. The number of hydrogen-bond donors (Lipinski definition) is 2. The van der Waals surface area contributed by atoms with Gasteiger partial charge in [-0.3, -0.25) is 4.72 Å². The number of rotatable bonds is 5. The molecule has 4 nitrogen and oxygen atoms in total. The fourth-order valence-corrected chi connectivity index (χ4v) is 2.52. The summed E-state index contributed by atoms with van der Waals surface area (Å²) < 4.78 is 38.2. The van der Waals surface area contributed by atoms with E-state index >= 15 is 0 Å². The molecule has 0 spiro atoms. The molecule has 1 aromatic carbocycles. The largest absolute Gasteiger partial charge is 0.396 e. The Morgan fingerprint density at radius 2 is 2.12 bits per heavy atom. The first-order valence-electron chi connectivity index (χ1n) is 4.51. The van der Waals surface area contributed by atoms with Crippen LogP contribution in [0.4, 0.5) is 10.1 Å². The van der Waals surface area contributed by atoms with Crippen molar-refractivity contribution in [2.24, 2.45) is 0 Å². The molecule has 0 saturated heterocycles. The van der Waals surface area contributed by atoms with Gasteiger partial charge in [0.2, 0.25) is 10.0 Å². The number of sulfonamides is 1. The molecule has 0 atom stereocenters. The van der Waals surface area contributed by atoms with E-state index in [2.05, 4.69) is 20.7 Å². The van der Waals surface area contributed by atoms with Crippen molar-refractivity contribution in [3.8, 4) is 0 Å². The summed E-state index contributed by atoms with van der Waals surface area (Å²) >= 11 is 2.96. The van der Waals surface area contributed by atoms with Gasteiger partial charge in [0, 0.05) is 12.3 Å². The number of aliphatic hydroxyl groups is 1. The van der Waals surface area contributed by atoms with Gasteiger partial charge in [0.1, 0.15) is 5.82 Å². The molecule has 1 aromatic rings. The van der Waals surface area contributed by atoms with Crippen LogP contribution in [0, 0.1) is 5.82 Å². The molecule has 0 aliphatic heterocycles. The van der Waals surface area contributed by atoms with Crippen molar-refractivity contribution in [3.63, 3.8) is 0 Å². The summed E-state index contributed by atoms with van der Waals surface area (Å²) in [5, 5.41) is 8.53. The zero-order valence-electron chi connectivity index (χ0n) is 8.28. The molecule has 2 N–H and O–H groups in total. The second-order valence-electron chi connectivity index (χ2n) is 3.13. The second kappa shape index (κ2) is 5.60. The van der Waals surface area contributed by atoms with Gasteiger partial charge in [-0.2, -0.15) is 0 Å². The van der Waals surface area contributed by atoms with Crippen LogP contribution in [-0.2, 0) is 10.0 Å². The standard InChI is InChI=1S/C9H11BrFNO3S/c10-8-6-7(2-3-9(8)11)12-16(14,15)5-1-4-13/h2-3,6,12-13H,1,4-5H2. The highest BCUT2D eigenvalue weighted by molar-refractivity contribution is 9.10.